The average molecular weight is 300 g/mol. The molecule has 1 rings (SSSR count). The Morgan fingerprint density at radius 2 is 2.23 bits per heavy atom. The number of aliphatic imine (C=N–C) groups is 1. The second-order valence-corrected chi connectivity index (χ2v) is 4.17. The van der Waals surface area contributed by atoms with Crippen molar-refractivity contribution in [3.63, 3.8) is 0 Å². The summed E-state index contributed by atoms with van der Waals surface area (Å²) >= 11 is 0. The standard InChI is InChI=1S/C17H20N2O3/c1-3-18-11-7-9-15(12-17(20)21)19-13-14-8-5-6-10-16(14)22-4-2/h3,5-12,19H,1,4,13H2,2H3,(H,20,21)/b9-7-,15-12-,18-11?. The monoisotopic (exact) mass is 300 g/mol. The van der Waals surface area contributed by atoms with Crippen LogP contribution in [0.25, 0.3) is 0 Å². The first-order chi connectivity index (χ1) is 10.7. The number of hydrogen-bond donors (Lipinski definition) is 2. The van der Waals surface area contributed by atoms with E-state index < -0.39 is 5.97 Å². The molecule has 22 heavy (non-hydrogen) atoms. The highest BCUT2D eigenvalue weighted by atomic mass is 16.5. The summed E-state index contributed by atoms with van der Waals surface area (Å²) in [5.74, 6) is -0.240. The van der Waals surface area contributed by atoms with Crippen LogP contribution in [0.2, 0.25) is 0 Å². The molecule has 0 spiro atoms. The molecule has 0 aliphatic rings. The van der Waals surface area contributed by atoms with Crippen LogP contribution in [-0.2, 0) is 11.3 Å². The molecule has 0 unspecified atom stereocenters. The first kappa shape index (κ1) is 17.2. The van der Waals surface area contributed by atoms with Gasteiger partial charge in [0, 0.05) is 36.3 Å². The highest BCUT2D eigenvalue weighted by molar-refractivity contribution is 5.81. The number of carbonyl (C=O) groups is 1. The maximum absolute atomic E-state index is 10.9. The summed E-state index contributed by atoms with van der Waals surface area (Å²) in [6.07, 6.45) is 7.29. The molecule has 0 aromatic heterocycles. The van der Waals surface area contributed by atoms with Crippen LogP contribution >= 0.6 is 0 Å². The maximum Gasteiger partial charge on any atom is 0.330 e. The van der Waals surface area contributed by atoms with Crippen molar-refractivity contribution < 1.29 is 14.6 Å². The summed E-state index contributed by atoms with van der Waals surface area (Å²) in [5.41, 5.74) is 1.42. The smallest absolute Gasteiger partial charge is 0.330 e. The second kappa shape index (κ2) is 9.99. The van der Waals surface area contributed by atoms with Gasteiger partial charge in [-0.1, -0.05) is 24.8 Å². The van der Waals surface area contributed by atoms with E-state index in [0.29, 0.717) is 18.8 Å². The number of allylic oxidation sites excluding steroid dienone is 2. The average Bonchev–Trinajstić information content (AvgIpc) is 2.50. The van der Waals surface area contributed by atoms with Gasteiger partial charge in [-0.05, 0) is 25.1 Å². The van der Waals surface area contributed by atoms with Gasteiger partial charge in [-0.3, -0.25) is 4.99 Å². The minimum atomic E-state index is -1.02. The van der Waals surface area contributed by atoms with E-state index in [-0.39, 0.29) is 0 Å². The largest absolute Gasteiger partial charge is 0.494 e. The van der Waals surface area contributed by atoms with Crippen molar-refractivity contribution in [2.75, 3.05) is 6.61 Å². The fraction of sp³-hybridized carbons (Fsp3) is 0.176. The Balaban J connectivity index is 2.79. The highest BCUT2D eigenvalue weighted by Gasteiger charge is 2.03. The molecule has 0 fully saturated rings. The zero-order chi connectivity index (χ0) is 16.2. The van der Waals surface area contributed by atoms with E-state index >= 15 is 0 Å². The van der Waals surface area contributed by atoms with Gasteiger partial charge in [0.25, 0.3) is 0 Å². The Morgan fingerprint density at radius 3 is 2.91 bits per heavy atom. The molecule has 0 saturated heterocycles. The van der Waals surface area contributed by atoms with Gasteiger partial charge in [0.15, 0.2) is 0 Å². The van der Waals surface area contributed by atoms with Crippen LogP contribution < -0.4 is 10.1 Å². The minimum absolute atomic E-state index is 0.457. The van der Waals surface area contributed by atoms with Crippen LogP contribution in [0, 0.1) is 0 Å². The maximum atomic E-state index is 10.9. The summed E-state index contributed by atoms with van der Waals surface area (Å²) in [7, 11) is 0. The first-order valence-electron chi connectivity index (χ1n) is 6.87. The third-order valence-electron chi connectivity index (χ3n) is 2.59. The third-order valence-corrected chi connectivity index (χ3v) is 2.59. The van der Waals surface area contributed by atoms with Gasteiger partial charge >= 0.3 is 5.97 Å². The van der Waals surface area contributed by atoms with Gasteiger partial charge in [0.05, 0.1) is 6.61 Å². The van der Waals surface area contributed by atoms with Crippen molar-refractivity contribution in [1.82, 2.24) is 5.32 Å². The van der Waals surface area contributed by atoms with Gasteiger partial charge in [-0.15, -0.1) is 0 Å². The highest BCUT2D eigenvalue weighted by Crippen LogP contribution is 2.17. The van der Waals surface area contributed by atoms with Gasteiger partial charge in [0.1, 0.15) is 5.75 Å². The van der Waals surface area contributed by atoms with E-state index in [9.17, 15) is 4.79 Å². The van der Waals surface area contributed by atoms with Crippen LogP contribution in [0.5, 0.6) is 5.75 Å². The van der Waals surface area contributed by atoms with Crippen molar-refractivity contribution in [3.05, 3.63) is 66.5 Å². The van der Waals surface area contributed by atoms with Gasteiger partial charge in [-0.25, -0.2) is 4.79 Å². The summed E-state index contributed by atoms with van der Waals surface area (Å²) in [5, 5.41) is 12.0. The summed E-state index contributed by atoms with van der Waals surface area (Å²) in [6, 6.07) is 7.62. The Kier molecular flexibility index (Phi) is 7.82. The normalized spacial score (nSPS) is 11.8. The third kappa shape index (κ3) is 6.56. The molecule has 5 heteroatoms. The summed E-state index contributed by atoms with van der Waals surface area (Å²) in [6.45, 7) is 6.41. The lowest BCUT2D eigenvalue weighted by Crippen LogP contribution is -2.14. The van der Waals surface area contributed by atoms with Gasteiger partial charge in [0.2, 0.25) is 0 Å². The van der Waals surface area contributed by atoms with Crippen molar-refractivity contribution in [2.24, 2.45) is 4.99 Å². The molecule has 0 heterocycles. The van der Waals surface area contributed by atoms with E-state index in [1.807, 2.05) is 31.2 Å². The molecule has 0 saturated carbocycles. The molecule has 0 amide bonds. The Hall–Kier alpha value is -2.82. The molecule has 0 radical (unpaired) electrons. The molecular weight excluding hydrogens is 280 g/mol. The molecule has 1 aromatic rings. The van der Waals surface area contributed by atoms with Crippen molar-refractivity contribution in [2.45, 2.75) is 13.5 Å². The van der Waals surface area contributed by atoms with Crippen molar-refractivity contribution >= 4 is 12.2 Å². The predicted molar refractivity (Wildman–Crippen MR) is 88.0 cm³/mol. The summed E-state index contributed by atoms with van der Waals surface area (Å²) in [4.78, 5) is 14.7. The minimum Gasteiger partial charge on any atom is -0.494 e. The zero-order valence-electron chi connectivity index (χ0n) is 12.5. The van der Waals surface area contributed by atoms with Crippen LogP contribution in [0.1, 0.15) is 12.5 Å². The van der Waals surface area contributed by atoms with Gasteiger partial charge < -0.3 is 15.2 Å². The fourth-order valence-corrected chi connectivity index (χ4v) is 1.69. The topological polar surface area (TPSA) is 70.9 Å². The lowest BCUT2D eigenvalue weighted by atomic mass is 10.2. The number of hydrogen-bond acceptors (Lipinski definition) is 4. The number of para-hydroxylation sites is 1. The zero-order valence-corrected chi connectivity index (χ0v) is 12.5. The number of carboxylic acid groups (broad SMARTS) is 1. The SMILES string of the molecule is C=CN=C/C=C\C(=C\C(=O)O)NCc1ccccc1OCC. The Morgan fingerprint density at radius 1 is 1.45 bits per heavy atom. The number of nitrogens with one attached hydrogen (secondary N) is 1. The van der Waals surface area contributed by atoms with E-state index in [1.54, 1.807) is 12.2 Å². The van der Waals surface area contributed by atoms with E-state index in [0.717, 1.165) is 17.4 Å². The fourth-order valence-electron chi connectivity index (χ4n) is 1.69. The molecule has 5 nitrogen and oxygen atoms in total. The van der Waals surface area contributed by atoms with Crippen LogP contribution in [0.4, 0.5) is 0 Å². The number of nitrogens with zero attached hydrogens (tertiary/aromatic N) is 1. The number of benzene rings is 1. The molecule has 0 atom stereocenters. The van der Waals surface area contributed by atoms with Crippen LogP contribution in [0.15, 0.2) is 66.0 Å². The summed E-state index contributed by atoms with van der Waals surface area (Å²) < 4.78 is 5.54. The predicted octanol–water partition coefficient (Wildman–Crippen LogP) is 2.91. The van der Waals surface area contributed by atoms with Crippen molar-refractivity contribution in [3.8, 4) is 5.75 Å². The van der Waals surface area contributed by atoms with Crippen LogP contribution in [-0.4, -0.2) is 23.9 Å². The molecule has 116 valence electrons. The number of aliphatic carboxylic acids is 1. The number of rotatable bonds is 9. The van der Waals surface area contributed by atoms with Gasteiger partial charge in [-0.2, -0.15) is 0 Å². The molecule has 1 aromatic carbocycles. The molecule has 0 bridgehead atoms. The molecule has 0 aliphatic carbocycles. The van der Waals surface area contributed by atoms with E-state index in [2.05, 4.69) is 16.9 Å². The quantitative estimate of drug-likeness (QED) is 0.418. The first-order valence-corrected chi connectivity index (χ1v) is 6.87. The van der Waals surface area contributed by atoms with E-state index in [1.165, 1.54) is 12.4 Å². The van der Waals surface area contributed by atoms with E-state index in [4.69, 9.17) is 9.84 Å². The number of carboxylic acids is 1. The second-order valence-electron chi connectivity index (χ2n) is 4.17. The molecule has 2 N–H and O–H groups in total. The molecule has 0 aliphatic heterocycles. The Labute approximate surface area is 130 Å². The van der Waals surface area contributed by atoms with Crippen molar-refractivity contribution in [1.29, 1.82) is 0 Å². The van der Waals surface area contributed by atoms with Crippen LogP contribution in [0.3, 0.4) is 0 Å². The molecular formula is C17H20N2O3. The lowest BCUT2D eigenvalue weighted by molar-refractivity contribution is -0.131. The number of ether oxygens (including phenoxy) is 1. The lowest BCUT2D eigenvalue weighted by Gasteiger charge is -2.12. The Bertz CT molecular complexity index is 589.